The number of cyclic esters (lactones) is 1. The van der Waals surface area contributed by atoms with Crippen LogP contribution in [0.4, 0.5) is 5.69 Å². The second-order valence-corrected chi connectivity index (χ2v) is 8.36. The summed E-state index contributed by atoms with van der Waals surface area (Å²) >= 11 is 0. The molecule has 0 unspecified atom stereocenters. The Labute approximate surface area is 162 Å². The molecule has 5 nitrogen and oxygen atoms in total. The maximum Gasteiger partial charge on any atom is 0.312 e. The Morgan fingerprint density at radius 3 is 2.59 bits per heavy atom. The lowest BCUT2D eigenvalue weighted by Gasteiger charge is -2.36. The molecule has 3 aliphatic rings. The number of carbonyl (C=O) groups excluding carboxylic acids is 1. The maximum absolute atomic E-state index is 12.4. The van der Waals surface area contributed by atoms with Gasteiger partial charge < -0.3 is 14.4 Å². The lowest BCUT2D eigenvalue weighted by Crippen LogP contribution is -2.47. The fourth-order valence-electron chi connectivity index (χ4n) is 5.06. The van der Waals surface area contributed by atoms with Gasteiger partial charge in [0.2, 0.25) is 0 Å². The van der Waals surface area contributed by atoms with Gasteiger partial charge in [-0.3, -0.25) is 9.69 Å². The second-order valence-electron chi connectivity index (χ2n) is 8.36. The largest absolute Gasteiger partial charge is 0.495 e. The van der Waals surface area contributed by atoms with Crippen LogP contribution in [0, 0.1) is 5.41 Å². The molecule has 5 heteroatoms. The van der Waals surface area contributed by atoms with Crippen LogP contribution in [-0.2, 0) is 9.53 Å². The van der Waals surface area contributed by atoms with Crippen molar-refractivity contribution in [2.45, 2.75) is 51.0 Å². The number of methoxy groups -OCH3 is 1. The molecule has 0 N–H and O–H groups in total. The number of carbonyl (C=O) groups is 1. The fourth-order valence-corrected chi connectivity index (χ4v) is 5.06. The van der Waals surface area contributed by atoms with E-state index in [1.807, 2.05) is 12.1 Å². The third-order valence-electron chi connectivity index (χ3n) is 6.70. The van der Waals surface area contributed by atoms with Gasteiger partial charge in [0.25, 0.3) is 0 Å². The standard InChI is InChI=1S/C22H32N2O3/c1-26-20-8-4-3-7-19(20)24-15-13-23(14-16-24)12-9-18-17-22(21(25)27-18)10-5-2-6-11-22/h3-4,7-8,18H,2,5-6,9-17H2,1H3/t18-/m0/s1. The average Bonchev–Trinajstić information content (AvgIpc) is 3.02. The van der Waals surface area contributed by atoms with E-state index in [1.165, 1.54) is 24.9 Å². The third kappa shape index (κ3) is 3.93. The Balaban J connectivity index is 1.25. The molecule has 0 aromatic heterocycles. The number of rotatable bonds is 5. The molecule has 1 saturated carbocycles. The van der Waals surface area contributed by atoms with E-state index in [1.54, 1.807) is 7.11 Å². The normalized spacial score (nSPS) is 25.6. The van der Waals surface area contributed by atoms with Crippen molar-refractivity contribution in [3.05, 3.63) is 24.3 Å². The highest BCUT2D eigenvalue weighted by atomic mass is 16.6. The summed E-state index contributed by atoms with van der Waals surface area (Å²) in [5, 5.41) is 0. The van der Waals surface area contributed by atoms with Crippen molar-refractivity contribution in [3.63, 3.8) is 0 Å². The molecule has 1 aromatic carbocycles. The van der Waals surface area contributed by atoms with Crippen LogP contribution in [0.1, 0.15) is 44.9 Å². The molecule has 0 amide bonds. The van der Waals surface area contributed by atoms with Crippen molar-refractivity contribution in [3.8, 4) is 5.75 Å². The highest BCUT2D eigenvalue weighted by Crippen LogP contribution is 2.46. The number of ether oxygens (including phenoxy) is 2. The molecular formula is C22H32N2O3. The topological polar surface area (TPSA) is 42.0 Å². The van der Waals surface area contributed by atoms with E-state index < -0.39 is 0 Å². The number of hydrogen-bond donors (Lipinski definition) is 0. The van der Waals surface area contributed by atoms with Crippen molar-refractivity contribution < 1.29 is 14.3 Å². The monoisotopic (exact) mass is 372 g/mol. The first-order valence-corrected chi connectivity index (χ1v) is 10.5. The van der Waals surface area contributed by atoms with Crippen LogP contribution in [0.15, 0.2) is 24.3 Å². The summed E-state index contributed by atoms with van der Waals surface area (Å²) in [7, 11) is 1.73. The van der Waals surface area contributed by atoms with E-state index in [-0.39, 0.29) is 17.5 Å². The quantitative estimate of drug-likeness (QED) is 0.741. The van der Waals surface area contributed by atoms with E-state index in [9.17, 15) is 4.79 Å². The SMILES string of the molecule is COc1ccccc1N1CCN(CC[C@H]2CC3(CCCCC3)C(=O)O2)CC1. The van der Waals surface area contributed by atoms with Gasteiger partial charge in [0.1, 0.15) is 11.9 Å². The number of nitrogens with zero attached hydrogens (tertiary/aromatic N) is 2. The van der Waals surface area contributed by atoms with Crippen molar-refractivity contribution in [2.75, 3.05) is 44.7 Å². The van der Waals surface area contributed by atoms with E-state index in [0.29, 0.717) is 0 Å². The lowest BCUT2D eigenvalue weighted by molar-refractivity contribution is -0.150. The molecule has 1 spiro atoms. The highest BCUT2D eigenvalue weighted by Gasteiger charge is 2.48. The molecule has 0 radical (unpaired) electrons. The number of hydrogen-bond acceptors (Lipinski definition) is 5. The zero-order chi connectivity index (χ0) is 18.7. The van der Waals surface area contributed by atoms with Crippen molar-refractivity contribution in [1.29, 1.82) is 0 Å². The Kier molecular flexibility index (Phi) is 5.58. The van der Waals surface area contributed by atoms with Crippen molar-refractivity contribution in [2.24, 2.45) is 5.41 Å². The van der Waals surface area contributed by atoms with Gasteiger partial charge in [0.15, 0.2) is 0 Å². The number of esters is 1. The molecule has 2 heterocycles. The van der Waals surface area contributed by atoms with Crippen LogP contribution >= 0.6 is 0 Å². The van der Waals surface area contributed by atoms with Gasteiger partial charge in [-0.1, -0.05) is 31.4 Å². The minimum absolute atomic E-state index is 0.0909. The van der Waals surface area contributed by atoms with Crippen LogP contribution in [0.25, 0.3) is 0 Å². The second kappa shape index (κ2) is 8.09. The molecule has 1 aliphatic carbocycles. The summed E-state index contributed by atoms with van der Waals surface area (Å²) in [4.78, 5) is 17.3. The minimum Gasteiger partial charge on any atom is -0.495 e. The van der Waals surface area contributed by atoms with Gasteiger partial charge in [-0.2, -0.15) is 0 Å². The molecule has 27 heavy (non-hydrogen) atoms. The molecule has 148 valence electrons. The van der Waals surface area contributed by atoms with E-state index in [2.05, 4.69) is 21.9 Å². The molecule has 4 rings (SSSR count). The zero-order valence-electron chi connectivity index (χ0n) is 16.5. The third-order valence-corrected chi connectivity index (χ3v) is 6.70. The van der Waals surface area contributed by atoms with Gasteiger partial charge in [-0.05, 0) is 31.4 Å². The number of piperazine rings is 1. The van der Waals surface area contributed by atoms with E-state index in [0.717, 1.165) is 64.2 Å². The van der Waals surface area contributed by atoms with Crippen LogP contribution in [0.5, 0.6) is 5.75 Å². The first kappa shape index (κ1) is 18.6. The first-order valence-electron chi connectivity index (χ1n) is 10.5. The molecule has 2 saturated heterocycles. The highest BCUT2D eigenvalue weighted by molar-refractivity contribution is 5.79. The Morgan fingerprint density at radius 1 is 1.11 bits per heavy atom. The summed E-state index contributed by atoms with van der Waals surface area (Å²) in [5.41, 5.74) is 1.05. The summed E-state index contributed by atoms with van der Waals surface area (Å²) < 4.78 is 11.3. The first-order chi connectivity index (χ1) is 13.2. The summed E-state index contributed by atoms with van der Waals surface area (Å²) in [6, 6.07) is 8.24. The van der Waals surface area contributed by atoms with E-state index >= 15 is 0 Å². The summed E-state index contributed by atoms with van der Waals surface area (Å²) in [6.45, 7) is 5.13. The molecular weight excluding hydrogens is 340 g/mol. The van der Waals surface area contributed by atoms with Crippen LogP contribution < -0.4 is 9.64 Å². The summed E-state index contributed by atoms with van der Waals surface area (Å²) in [6.07, 6.45) is 7.79. The molecule has 3 fully saturated rings. The van der Waals surface area contributed by atoms with Crippen molar-refractivity contribution >= 4 is 11.7 Å². The van der Waals surface area contributed by atoms with Gasteiger partial charge in [0.05, 0.1) is 18.2 Å². The summed E-state index contributed by atoms with van der Waals surface area (Å²) in [5.74, 6) is 1.04. The zero-order valence-corrected chi connectivity index (χ0v) is 16.5. The fraction of sp³-hybridized carbons (Fsp3) is 0.682. The minimum atomic E-state index is -0.133. The van der Waals surface area contributed by atoms with Gasteiger partial charge in [-0.25, -0.2) is 0 Å². The number of anilines is 1. The maximum atomic E-state index is 12.4. The van der Waals surface area contributed by atoms with Crippen LogP contribution in [0.3, 0.4) is 0 Å². The molecule has 0 bridgehead atoms. The number of benzene rings is 1. The van der Waals surface area contributed by atoms with Crippen LogP contribution in [0.2, 0.25) is 0 Å². The Morgan fingerprint density at radius 2 is 1.85 bits per heavy atom. The van der Waals surface area contributed by atoms with Gasteiger partial charge >= 0.3 is 5.97 Å². The lowest BCUT2D eigenvalue weighted by atomic mass is 9.72. The number of para-hydroxylation sites is 2. The van der Waals surface area contributed by atoms with Crippen LogP contribution in [-0.4, -0.2) is 56.8 Å². The molecule has 2 aliphatic heterocycles. The molecule has 1 aromatic rings. The van der Waals surface area contributed by atoms with Crippen molar-refractivity contribution in [1.82, 2.24) is 4.90 Å². The predicted molar refractivity (Wildman–Crippen MR) is 106 cm³/mol. The van der Waals surface area contributed by atoms with Gasteiger partial charge in [0, 0.05) is 39.1 Å². The van der Waals surface area contributed by atoms with Gasteiger partial charge in [-0.15, -0.1) is 0 Å². The smallest absolute Gasteiger partial charge is 0.312 e. The Hall–Kier alpha value is -1.75. The van der Waals surface area contributed by atoms with E-state index in [4.69, 9.17) is 9.47 Å². The Bertz CT molecular complexity index is 649. The predicted octanol–water partition coefficient (Wildman–Crippen LogP) is 3.47. The average molecular weight is 373 g/mol. The molecule has 1 atom stereocenters.